The number of para-hydroxylation sites is 1. The van der Waals surface area contributed by atoms with Crippen LogP contribution < -0.4 is 5.32 Å². The maximum Gasteiger partial charge on any atom is 0.240 e. The van der Waals surface area contributed by atoms with Crippen molar-refractivity contribution in [3.63, 3.8) is 0 Å². The molecular weight excluding hydrogens is 396 g/mol. The second kappa shape index (κ2) is 9.45. The largest absolute Gasteiger partial charge is 0.350 e. The molecule has 1 N–H and O–H groups in total. The van der Waals surface area contributed by atoms with Crippen LogP contribution >= 0.6 is 0 Å². The first kappa shape index (κ1) is 21.2. The molecule has 0 bridgehead atoms. The monoisotopic (exact) mass is 430 g/mol. The molecule has 1 aliphatic carbocycles. The summed E-state index contributed by atoms with van der Waals surface area (Å²) in [7, 11) is 0. The van der Waals surface area contributed by atoms with Crippen molar-refractivity contribution < 1.29 is 4.79 Å². The number of aromatic nitrogens is 2. The maximum atomic E-state index is 12.6. The molecule has 32 heavy (non-hydrogen) atoms. The molecule has 3 aromatic rings. The Morgan fingerprint density at radius 1 is 1.06 bits per heavy atom. The van der Waals surface area contributed by atoms with E-state index >= 15 is 0 Å². The number of fused-ring (bicyclic) bond motifs is 1. The highest BCUT2D eigenvalue weighted by Gasteiger charge is 2.32. The highest BCUT2D eigenvalue weighted by molar-refractivity contribution is 5.84. The first-order valence-electron chi connectivity index (χ1n) is 12.2. The Kier molecular flexibility index (Phi) is 6.26. The summed E-state index contributed by atoms with van der Waals surface area (Å²) in [6.07, 6.45) is 11.3. The fraction of sp³-hybridized carbons (Fsp3) is 0.481. The molecule has 5 heteroatoms. The van der Waals surface area contributed by atoms with Gasteiger partial charge in [-0.3, -0.25) is 14.7 Å². The van der Waals surface area contributed by atoms with E-state index in [1.807, 2.05) is 18.3 Å². The molecule has 1 saturated heterocycles. The molecule has 5 rings (SSSR count). The van der Waals surface area contributed by atoms with Crippen LogP contribution in [-0.2, 0) is 17.9 Å². The number of amides is 1. The van der Waals surface area contributed by atoms with E-state index in [9.17, 15) is 4.79 Å². The van der Waals surface area contributed by atoms with Gasteiger partial charge in [0.25, 0.3) is 0 Å². The van der Waals surface area contributed by atoms with Crippen LogP contribution in [0, 0.1) is 6.92 Å². The summed E-state index contributed by atoms with van der Waals surface area (Å²) in [5.41, 5.74) is 4.45. The number of carbonyl (C=O) groups excluding carboxylic acids is 1. The number of hydrogen-bond acceptors (Lipinski definition) is 3. The van der Waals surface area contributed by atoms with E-state index in [1.54, 1.807) is 0 Å². The summed E-state index contributed by atoms with van der Waals surface area (Å²) in [6.45, 7) is 4.11. The smallest absolute Gasteiger partial charge is 0.240 e. The van der Waals surface area contributed by atoms with Gasteiger partial charge in [-0.05, 0) is 68.3 Å². The molecule has 1 saturated carbocycles. The fourth-order valence-electron chi connectivity index (χ4n) is 5.65. The Hall–Kier alpha value is -2.66. The number of nitrogens with one attached hydrogen (secondary N) is 1. The third-order valence-electron chi connectivity index (χ3n) is 7.34. The van der Waals surface area contributed by atoms with Crippen molar-refractivity contribution >= 4 is 16.8 Å². The van der Waals surface area contributed by atoms with Crippen molar-refractivity contribution in [2.24, 2.45) is 0 Å². The van der Waals surface area contributed by atoms with Crippen molar-refractivity contribution in [2.45, 2.75) is 77.0 Å². The van der Waals surface area contributed by atoms with Gasteiger partial charge in [0, 0.05) is 30.0 Å². The van der Waals surface area contributed by atoms with Gasteiger partial charge in [0.15, 0.2) is 0 Å². The zero-order chi connectivity index (χ0) is 21.9. The van der Waals surface area contributed by atoms with E-state index in [0.29, 0.717) is 19.1 Å². The minimum absolute atomic E-state index is 0.0257. The second-order valence-corrected chi connectivity index (χ2v) is 9.49. The lowest BCUT2D eigenvalue weighted by Crippen LogP contribution is -2.36. The SMILES string of the molecule is Cc1cc2ccccc2n1CC(=O)NCc1ccc([C@H]2CCCN2C2CCCCC2)nc1. The standard InChI is InChI=1S/C27H34N4O/c1-20-16-22-8-5-6-11-25(22)31(20)19-27(32)29-18-21-13-14-24(28-17-21)26-12-7-15-30(26)23-9-3-2-4-10-23/h5-6,8,11,13-14,16-17,23,26H,2-4,7,9-10,12,15,18-19H2,1H3,(H,29,32)/t26-/m1/s1. The highest BCUT2D eigenvalue weighted by Crippen LogP contribution is 2.36. The number of benzene rings is 1. The maximum absolute atomic E-state index is 12.6. The van der Waals surface area contributed by atoms with Crippen LogP contribution in [0.4, 0.5) is 0 Å². The lowest BCUT2D eigenvalue weighted by atomic mass is 9.93. The molecule has 2 aliphatic rings. The Balaban J connectivity index is 1.18. The summed E-state index contributed by atoms with van der Waals surface area (Å²) in [6, 6.07) is 15.9. The number of likely N-dealkylation sites (tertiary alicyclic amines) is 1. The molecular formula is C27H34N4O. The molecule has 1 amide bonds. The van der Waals surface area contributed by atoms with Gasteiger partial charge in [0.2, 0.25) is 5.91 Å². The molecule has 5 nitrogen and oxygen atoms in total. The van der Waals surface area contributed by atoms with Gasteiger partial charge >= 0.3 is 0 Å². The molecule has 0 unspecified atom stereocenters. The van der Waals surface area contributed by atoms with Crippen molar-refractivity contribution in [1.82, 2.24) is 19.8 Å². The normalized spacial score (nSPS) is 20.1. The molecule has 0 radical (unpaired) electrons. The fourth-order valence-corrected chi connectivity index (χ4v) is 5.65. The van der Waals surface area contributed by atoms with Crippen LogP contribution in [0.15, 0.2) is 48.7 Å². The van der Waals surface area contributed by atoms with E-state index in [4.69, 9.17) is 4.98 Å². The van der Waals surface area contributed by atoms with Crippen molar-refractivity contribution in [3.05, 3.63) is 65.6 Å². The van der Waals surface area contributed by atoms with Gasteiger partial charge in [-0.2, -0.15) is 0 Å². The van der Waals surface area contributed by atoms with Crippen LogP contribution in [0.25, 0.3) is 10.9 Å². The van der Waals surface area contributed by atoms with Crippen LogP contribution in [0.2, 0.25) is 0 Å². The van der Waals surface area contributed by atoms with E-state index in [0.717, 1.165) is 22.8 Å². The third-order valence-corrected chi connectivity index (χ3v) is 7.34. The van der Waals surface area contributed by atoms with E-state index < -0.39 is 0 Å². The van der Waals surface area contributed by atoms with Crippen LogP contribution in [0.5, 0.6) is 0 Å². The van der Waals surface area contributed by atoms with Gasteiger partial charge in [-0.25, -0.2) is 0 Å². The van der Waals surface area contributed by atoms with Crippen molar-refractivity contribution in [1.29, 1.82) is 0 Å². The highest BCUT2D eigenvalue weighted by atomic mass is 16.1. The van der Waals surface area contributed by atoms with Gasteiger partial charge in [0.1, 0.15) is 6.54 Å². The minimum Gasteiger partial charge on any atom is -0.350 e. The predicted molar refractivity (Wildman–Crippen MR) is 128 cm³/mol. The zero-order valence-corrected chi connectivity index (χ0v) is 19.1. The van der Waals surface area contributed by atoms with Gasteiger partial charge < -0.3 is 9.88 Å². The Morgan fingerprint density at radius 3 is 2.72 bits per heavy atom. The van der Waals surface area contributed by atoms with E-state index in [2.05, 4.69) is 52.0 Å². The summed E-state index contributed by atoms with van der Waals surface area (Å²) in [4.78, 5) is 20.1. The van der Waals surface area contributed by atoms with Crippen molar-refractivity contribution in [3.8, 4) is 0 Å². The Labute approximate surface area is 190 Å². The topological polar surface area (TPSA) is 50.2 Å². The average Bonchev–Trinajstić information content (AvgIpc) is 3.44. The number of pyridine rings is 1. The number of hydrogen-bond donors (Lipinski definition) is 1. The van der Waals surface area contributed by atoms with Gasteiger partial charge in [0.05, 0.1) is 11.7 Å². The average molecular weight is 431 g/mol. The second-order valence-electron chi connectivity index (χ2n) is 9.49. The van der Waals surface area contributed by atoms with Crippen LogP contribution in [-0.4, -0.2) is 32.9 Å². The number of aryl methyl sites for hydroxylation is 1. The summed E-state index contributed by atoms with van der Waals surface area (Å²) in [5, 5.41) is 4.24. The minimum atomic E-state index is 0.0257. The Bertz CT molecular complexity index is 1060. The molecule has 1 atom stereocenters. The molecule has 1 aromatic carbocycles. The predicted octanol–water partition coefficient (Wildman–Crippen LogP) is 5.13. The summed E-state index contributed by atoms with van der Waals surface area (Å²) >= 11 is 0. The first-order valence-corrected chi connectivity index (χ1v) is 12.2. The molecule has 2 fully saturated rings. The number of nitrogens with zero attached hydrogens (tertiary/aromatic N) is 3. The summed E-state index contributed by atoms with van der Waals surface area (Å²) < 4.78 is 2.08. The lowest BCUT2D eigenvalue weighted by Gasteiger charge is -2.35. The van der Waals surface area contributed by atoms with Gasteiger partial charge in [-0.1, -0.05) is 43.5 Å². The first-order chi connectivity index (χ1) is 15.7. The van der Waals surface area contributed by atoms with E-state index in [1.165, 1.54) is 62.6 Å². The quantitative estimate of drug-likeness (QED) is 0.590. The molecule has 2 aromatic heterocycles. The lowest BCUT2D eigenvalue weighted by molar-refractivity contribution is -0.121. The number of carbonyl (C=O) groups is 1. The van der Waals surface area contributed by atoms with E-state index in [-0.39, 0.29) is 5.91 Å². The summed E-state index contributed by atoms with van der Waals surface area (Å²) in [5.74, 6) is 0.0257. The third kappa shape index (κ3) is 4.44. The molecule has 0 spiro atoms. The van der Waals surface area contributed by atoms with Crippen LogP contribution in [0.3, 0.4) is 0 Å². The number of rotatable bonds is 6. The molecule has 168 valence electrons. The molecule has 1 aliphatic heterocycles. The Morgan fingerprint density at radius 2 is 1.91 bits per heavy atom. The molecule has 3 heterocycles. The van der Waals surface area contributed by atoms with Crippen molar-refractivity contribution in [2.75, 3.05) is 6.54 Å². The zero-order valence-electron chi connectivity index (χ0n) is 19.1. The van der Waals surface area contributed by atoms with Gasteiger partial charge in [-0.15, -0.1) is 0 Å². The van der Waals surface area contributed by atoms with Crippen LogP contribution in [0.1, 0.15) is 67.9 Å².